The lowest BCUT2D eigenvalue weighted by atomic mass is 10.1. The Hall–Kier alpha value is -2.64. The van der Waals surface area contributed by atoms with Gasteiger partial charge < -0.3 is 5.32 Å². The van der Waals surface area contributed by atoms with E-state index in [9.17, 15) is 13.2 Å². The zero-order chi connectivity index (χ0) is 20.3. The van der Waals surface area contributed by atoms with Crippen molar-refractivity contribution in [1.29, 1.82) is 0 Å². The lowest BCUT2D eigenvalue weighted by Crippen LogP contribution is -2.15. The molecular formula is C21H19BrN2O3S. The molecule has 3 aromatic carbocycles. The summed E-state index contributed by atoms with van der Waals surface area (Å²) in [6.07, 6.45) is 0. The number of para-hydroxylation sites is 1. The summed E-state index contributed by atoms with van der Waals surface area (Å²) < 4.78 is 28.7. The minimum atomic E-state index is -3.73. The van der Waals surface area contributed by atoms with Crippen molar-refractivity contribution in [2.75, 3.05) is 10.0 Å². The number of rotatable bonds is 5. The van der Waals surface area contributed by atoms with Crippen molar-refractivity contribution in [2.45, 2.75) is 18.7 Å². The molecule has 0 bridgehead atoms. The van der Waals surface area contributed by atoms with E-state index in [0.29, 0.717) is 21.4 Å². The number of benzene rings is 3. The highest BCUT2D eigenvalue weighted by atomic mass is 79.9. The van der Waals surface area contributed by atoms with Crippen LogP contribution < -0.4 is 10.0 Å². The number of carbonyl (C=O) groups is 1. The van der Waals surface area contributed by atoms with Gasteiger partial charge in [0, 0.05) is 10.2 Å². The second-order valence-electron chi connectivity index (χ2n) is 6.33. The third-order valence-corrected chi connectivity index (χ3v) is 6.32. The van der Waals surface area contributed by atoms with Crippen LogP contribution in [0.4, 0.5) is 11.4 Å². The Balaban J connectivity index is 1.78. The number of aryl methyl sites for hydroxylation is 2. The Morgan fingerprint density at radius 3 is 2.07 bits per heavy atom. The van der Waals surface area contributed by atoms with E-state index < -0.39 is 10.0 Å². The van der Waals surface area contributed by atoms with Crippen molar-refractivity contribution in [3.8, 4) is 0 Å². The van der Waals surface area contributed by atoms with Gasteiger partial charge in [-0.3, -0.25) is 9.52 Å². The minimum Gasteiger partial charge on any atom is -0.322 e. The predicted octanol–water partition coefficient (Wildman–Crippen LogP) is 5.12. The van der Waals surface area contributed by atoms with Crippen LogP contribution in [0.3, 0.4) is 0 Å². The van der Waals surface area contributed by atoms with E-state index in [1.54, 1.807) is 30.3 Å². The summed E-state index contributed by atoms with van der Waals surface area (Å²) in [5, 5.41) is 2.76. The van der Waals surface area contributed by atoms with Gasteiger partial charge in [0.05, 0.1) is 16.1 Å². The summed E-state index contributed by atoms with van der Waals surface area (Å²) in [7, 11) is -3.73. The largest absolute Gasteiger partial charge is 0.322 e. The summed E-state index contributed by atoms with van der Waals surface area (Å²) in [5.41, 5.74) is 3.28. The molecule has 0 aromatic heterocycles. The van der Waals surface area contributed by atoms with Gasteiger partial charge in [-0.2, -0.15) is 0 Å². The van der Waals surface area contributed by atoms with Crippen molar-refractivity contribution >= 4 is 43.2 Å². The first-order chi connectivity index (χ1) is 13.3. The van der Waals surface area contributed by atoms with Crippen LogP contribution >= 0.6 is 15.9 Å². The number of halogens is 1. The van der Waals surface area contributed by atoms with E-state index in [2.05, 4.69) is 26.0 Å². The van der Waals surface area contributed by atoms with Gasteiger partial charge in [-0.1, -0.05) is 30.3 Å². The molecule has 5 nitrogen and oxygen atoms in total. The predicted molar refractivity (Wildman–Crippen MR) is 115 cm³/mol. The van der Waals surface area contributed by atoms with E-state index in [1.165, 1.54) is 12.1 Å². The molecular weight excluding hydrogens is 440 g/mol. The van der Waals surface area contributed by atoms with E-state index in [-0.39, 0.29) is 10.8 Å². The number of hydrogen-bond donors (Lipinski definition) is 2. The van der Waals surface area contributed by atoms with Gasteiger partial charge in [-0.05, 0) is 77.3 Å². The van der Waals surface area contributed by atoms with Gasteiger partial charge in [0.1, 0.15) is 0 Å². The van der Waals surface area contributed by atoms with Crippen molar-refractivity contribution in [3.05, 3.63) is 87.9 Å². The minimum absolute atomic E-state index is 0.119. The van der Waals surface area contributed by atoms with Gasteiger partial charge in [0.2, 0.25) is 0 Å². The summed E-state index contributed by atoms with van der Waals surface area (Å²) in [6, 6.07) is 18.7. The van der Waals surface area contributed by atoms with Crippen LogP contribution in [0.1, 0.15) is 21.5 Å². The molecule has 0 fully saturated rings. The molecule has 0 atom stereocenters. The van der Waals surface area contributed by atoms with Crippen molar-refractivity contribution < 1.29 is 13.2 Å². The van der Waals surface area contributed by atoms with Gasteiger partial charge in [0.25, 0.3) is 15.9 Å². The first-order valence-corrected chi connectivity index (χ1v) is 10.8. The number of hydrogen-bond acceptors (Lipinski definition) is 3. The van der Waals surface area contributed by atoms with Crippen LogP contribution in [0.5, 0.6) is 0 Å². The molecule has 0 unspecified atom stereocenters. The summed E-state index contributed by atoms with van der Waals surface area (Å²) in [4.78, 5) is 12.5. The first-order valence-electron chi connectivity index (χ1n) is 8.53. The molecule has 0 aliphatic carbocycles. The highest BCUT2D eigenvalue weighted by molar-refractivity contribution is 9.10. The third kappa shape index (κ3) is 4.43. The molecule has 0 saturated carbocycles. The Morgan fingerprint density at radius 1 is 0.857 bits per heavy atom. The van der Waals surface area contributed by atoms with Crippen LogP contribution in [0.15, 0.2) is 76.1 Å². The second-order valence-corrected chi connectivity index (χ2v) is 8.87. The van der Waals surface area contributed by atoms with Crippen molar-refractivity contribution in [1.82, 2.24) is 0 Å². The number of sulfonamides is 1. The summed E-state index contributed by atoms with van der Waals surface area (Å²) >= 11 is 3.34. The molecule has 3 rings (SSSR count). The van der Waals surface area contributed by atoms with E-state index in [1.807, 2.05) is 38.1 Å². The Labute approximate surface area is 173 Å². The van der Waals surface area contributed by atoms with Crippen LogP contribution in [-0.4, -0.2) is 14.3 Å². The summed E-state index contributed by atoms with van der Waals surface area (Å²) in [5.74, 6) is -0.281. The molecule has 7 heteroatoms. The van der Waals surface area contributed by atoms with Crippen LogP contribution in [0.2, 0.25) is 0 Å². The zero-order valence-corrected chi connectivity index (χ0v) is 17.8. The molecule has 0 saturated heterocycles. The topological polar surface area (TPSA) is 75.3 Å². The SMILES string of the molecule is Cc1cccc(C)c1NS(=O)(=O)c1ccc(NC(=O)c2ccccc2Br)cc1. The van der Waals surface area contributed by atoms with E-state index >= 15 is 0 Å². The number of anilines is 2. The molecule has 3 aromatic rings. The fourth-order valence-electron chi connectivity index (χ4n) is 2.73. The highest BCUT2D eigenvalue weighted by Gasteiger charge is 2.17. The Kier molecular flexibility index (Phi) is 5.86. The van der Waals surface area contributed by atoms with Crippen molar-refractivity contribution in [2.24, 2.45) is 0 Å². The first kappa shape index (κ1) is 20.1. The van der Waals surface area contributed by atoms with Crippen LogP contribution in [0, 0.1) is 13.8 Å². The zero-order valence-electron chi connectivity index (χ0n) is 15.4. The number of amides is 1. The highest BCUT2D eigenvalue weighted by Crippen LogP contribution is 2.24. The Bertz CT molecular complexity index is 1110. The molecule has 1 amide bonds. The van der Waals surface area contributed by atoms with Crippen molar-refractivity contribution in [3.63, 3.8) is 0 Å². The lowest BCUT2D eigenvalue weighted by Gasteiger charge is -2.13. The summed E-state index contributed by atoms with van der Waals surface area (Å²) in [6.45, 7) is 3.70. The molecule has 0 aliphatic heterocycles. The lowest BCUT2D eigenvalue weighted by molar-refractivity contribution is 0.102. The smallest absolute Gasteiger partial charge is 0.261 e. The normalized spacial score (nSPS) is 11.1. The molecule has 0 aliphatic rings. The maximum absolute atomic E-state index is 12.7. The van der Waals surface area contributed by atoms with Gasteiger partial charge in [-0.15, -0.1) is 0 Å². The average Bonchev–Trinajstić information content (AvgIpc) is 2.65. The quantitative estimate of drug-likeness (QED) is 0.556. The molecule has 2 N–H and O–H groups in total. The molecule has 0 heterocycles. The third-order valence-electron chi connectivity index (χ3n) is 4.26. The maximum atomic E-state index is 12.7. The van der Waals surface area contributed by atoms with E-state index in [0.717, 1.165) is 11.1 Å². The standard InChI is InChI=1S/C21H19BrN2O3S/c1-14-6-5-7-15(2)20(14)24-28(26,27)17-12-10-16(11-13-17)23-21(25)18-8-3-4-9-19(18)22/h3-13,24H,1-2H3,(H,23,25). The van der Waals surface area contributed by atoms with Gasteiger partial charge >= 0.3 is 0 Å². The second kappa shape index (κ2) is 8.16. The fraction of sp³-hybridized carbons (Fsp3) is 0.0952. The monoisotopic (exact) mass is 458 g/mol. The maximum Gasteiger partial charge on any atom is 0.261 e. The number of nitrogens with one attached hydrogen (secondary N) is 2. The average molecular weight is 459 g/mol. The van der Waals surface area contributed by atoms with Crippen LogP contribution in [-0.2, 0) is 10.0 Å². The van der Waals surface area contributed by atoms with Gasteiger partial charge in [0.15, 0.2) is 0 Å². The van der Waals surface area contributed by atoms with Crippen LogP contribution in [0.25, 0.3) is 0 Å². The number of carbonyl (C=O) groups excluding carboxylic acids is 1. The fourth-order valence-corrected chi connectivity index (χ4v) is 4.40. The molecule has 28 heavy (non-hydrogen) atoms. The molecule has 0 spiro atoms. The molecule has 0 radical (unpaired) electrons. The molecule has 144 valence electrons. The van der Waals surface area contributed by atoms with Gasteiger partial charge in [-0.25, -0.2) is 8.42 Å². The Morgan fingerprint density at radius 2 is 1.46 bits per heavy atom. The van der Waals surface area contributed by atoms with E-state index in [4.69, 9.17) is 0 Å².